The van der Waals surface area contributed by atoms with E-state index in [2.05, 4.69) is 104 Å². The van der Waals surface area contributed by atoms with Crippen molar-refractivity contribution < 1.29 is 0 Å². The van der Waals surface area contributed by atoms with Crippen molar-refractivity contribution in [2.45, 2.75) is 66.2 Å². The molecule has 0 nitrogen and oxygen atoms in total. The third-order valence-electron chi connectivity index (χ3n) is 6.98. The van der Waals surface area contributed by atoms with Gasteiger partial charge in [-0.15, -0.1) is 0 Å². The third-order valence-corrected chi connectivity index (χ3v) is 6.98. The van der Waals surface area contributed by atoms with Crippen LogP contribution in [0.4, 0.5) is 0 Å². The van der Waals surface area contributed by atoms with Gasteiger partial charge in [-0.1, -0.05) is 77.9 Å². The molecule has 5 rings (SSSR count). The summed E-state index contributed by atoms with van der Waals surface area (Å²) in [7, 11) is 0. The van der Waals surface area contributed by atoms with Crippen LogP contribution in [-0.2, 0) is 10.8 Å². The van der Waals surface area contributed by atoms with Crippen molar-refractivity contribution >= 4 is 43.1 Å². The van der Waals surface area contributed by atoms with Gasteiger partial charge >= 0.3 is 0 Å². The zero-order valence-electron chi connectivity index (χ0n) is 19.6. The molecule has 0 saturated heterocycles. The lowest BCUT2D eigenvalue weighted by Crippen LogP contribution is -2.12. The van der Waals surface area contributed by atoms with Crippen molar-refractivity contribution in [3.05, 3.63) is 70.8 Å². The second-order valence-electron chi connectivity index (χ2n) is 11.3. The first-order valence-electron chi connectivity index (χ1n) is 11.1. The zero-order valence-corrected chi connectivity index (χ0v) is 19.6. The summed E-state index contributed by atoms with van der Waals surface area (Å²) in [4.78, 5) is 0. The zero-order chi connectivity index (χ0) is 21.6. The fourth-order valence-corrected chi connectivity index (χ4v) is 4.99. The van der Waals surface area contributed by atoms with Crippen LogP contribution in [0.25, 0.3) is 43.1 Å². The summed E-state index contributed by atoms with van der Waals surface area (Å²) in [6, 6.07) is 19.1. The molecule has 0 bridgehead atoms. The van der Waals surface area contributed by atoms with Gasteiger partial charge in [0, 0.05) is 0 Å². The van der Waals surface area contributed by atoms with Crippen molar-refractivity contribution in [2.75, 3.05) is 0 Å². The lowest BCUT2D eigenvalue weighted by atomic mass is 9.79. The van der Waals surface area contributed by atoms with Gasteiger partial charge in [0.2, 0.25) is 0 Å². The average molecular weight is 393 g/mol. The van der Waals surface area contributed by atoms with Gasteiger partial charge in [-0.25, -0.2) is 0 Å². The van der Waals surface area contributed by atoms with Gasteiger partial charge in [0.05, 0.1) is 0 Å². The number of fused-ring (bicyclic) bond motifs is 2. The standard InChI is InChI=1S/C30H32/c1-17-9-11-21-26-16-20(30(6,7)8)14-24-18(2)10-12-22(28(24)26)25-15-19(29(3,4)5)13-23(17)27(21)25/h9-16H,1-8H3. The highest BCUT2D eigenvalue weighted by Crippen LogP contribution is 2.45. The Morgan fingerprint density at radius 3 is 1.10 bits per heavy atom. The Balaban J connectivity index is 2.13. The van der Waals surface area contributed by atoms with E-state index in [4.69, 9.17) is 0 Å². The molecule has 0 radical (unpaired) electrons. The lowest BCUT2D eigenvalue weighted by Gasteiger charge is -2.25. The first-order chi connectivity index (χ1) is 14.0. The molecule has 5 aromatic rings. The number of aryl methyl sites for hydroxylation is 2. The highest BCUT2D eigenvalue weighted by molar-refractivity contribution is 6.33. The monoisotopic (exact) mass is 392 g/mol. The van der Waals surface area contributed by atoms with E-state index in [-0.39, 0.29) is 10.8 Å². The molecule has 0 heteroatoms. The number of hydrogen-bond acceptors (Lipinski definition) is 0. The quantitative estimate of drug-likeness (QED) is 0.182. The van der Waals surface area contributed by atoms with E-state index in [1.807, 2.05) is 0 Å². The Bertz CT molecular complexity index is 1340. The summed E-state index contributed by atoms with van der Waals surface area (Å²) in [6.45, 7) is 18.4. The number of rotatable bonds is 0. The van der Waals surface area contributed by atoms with Crippen LogP contribution < -0.4 is 0 Å². The second kappa shape index (κ2) is 5.97. The van der Waals surface area contributed by atoms with Crippen molar-refractivity contribution in [3.8, 4) is 0 Å². The van der Waals surface area contributed by atoms with Crippen molar-refractivity contribution in [1.82, 2.24) is 0 Å². The maximum absolute atomic E-state index is 2.45. The predicted octanol–water partition coefficient (Wildman–Crippen LogP) is 8.95. The van der Waals surface area contributed by atoms with Crippen molar-refractivity contribution in [1.29, 1.82) is 0 Å². The minimum atomic E-state index is 0.118. The maximum Gasteiger partial charge on any atom is -0.00235 e. The number of hydrogen-bond donors (Lipinski definition) is 0. The fraction of sp³-hybridized carbons (Fsp3) is 0.333. The molecule has 0 fully saturated rings. The molecule has 0 aliphatic heterocycles. The normalized spacial score (nSPS) is 13.3. The summed E-state index contributed by atoms with van der Waals surface area (Å²) < 4.78 is 0. The third kappa shape index (κ3) is 2.66. The molecule has 0 spiro atoms. The van der Waals surface area contributed by atoms with Crippen LogP contribution in [-0.4, -0.2) is 0 Å². The van der Waals surface area contributed by atoms with Crippen LogP contribution in [0.3, 0.4) is 0 Å². The molecular formula is C30H32. The van der Waals surface area contributed by atoms with Crippen LogP contribution >= 0.6 is 0 Å². The largest absolute Gasteiger partial charge is 0.0581 e. The van der Waals surface area contributed by atoms with E-state index >= 15 is 0 Å². The molecule has 0 saturated carbocycles. The Kier molecular flexibility index (Phi) is 3.86. The molecule has 0 N–H and O–H groups in total. The van der Waals surface area contributed by atoms with Crippen molar-refractivity contribution in [3.63, 3.8) is 0 Å². The number of benzene rings is 5. The summed E-state index contributed by atoms with van der Waals surface area (Å²) in [5.41, 5.74) is 5.78. The molecule has 0 aromatic heterocycles. The first kappa shape index (κ1) is 19.4. The molecule has 5 aromatic carbocycles. The molecule has 0 atom stereocenters. The van der Waals surface area contributed by atoms with Gasteiger partial charge in [0.15, 0.2) is 0 Å². The van der Waals surface area contributed by atoms with E-state index in [1.54, 1.807) is 0 Å². The summed E-state index contributed by atoms with van der Waals surface area (Å²) >= 11 is 0. The summed E-state index contributed by atoms with van der Waals surface area (Å²) in [5, 5.41) is 11.2. The van der Waals surface area contributed by atoms with E-state index in [0.29, 0.717) is 0 Å². The summed E-state index contributed by atoms with van der Waals surface area (Å²) in [6.07, 6.45) is 0. The fourth-order valence-electron chi connectivity index (χ4n) is 4.99. The smallest absolute Gasteiger partial charge is 0.00235 e. The predicted molar refractivity (Wildman–Crippen MR) is 135 cm³/mol. The first-order valence-corrected chi connectivity index (χ1v) is 11.1. The van der Waals surface area contributed by atoms with E-state index in [0.717, 1.165) is 0 Å². The topological polar surface area (TPSA) is 0 Å². The van der Waals surface area contributed by atoms with Gasteiger partial charge in [-0.2, -0.15) is 0 Å². The Morgan fingerprint density at radius 2 is 0.767 bits per heavy atom. The molecular weight excluding hydrogens is 360 g/mol. The van der Waals surface area contributed by atoms with Crippen LogP contribution in [0.15, 0.2) is 48.5 Å². The Morgan fingerprint density at radius 1 is 0.433 bits per heavy atom. The van der Waals surface area contributed by atoms with Crippen LogP contribution in [0.5, 0.6) is 0 Å². The Hall–Kier alpha value is -2.60. The van der Waals surface area contributed by atoms with Crippen LogP contribution in [0.1, 0.15) is 63.8 Å². The molecule has 30 heavy (non-hydrogen) atoms. The highest BCUT2D eigenvalue weighted by atomic mass is 14.3. The maximum atomic E-state index is 2.45. The molecule has 0 heterocycles. The summed E-state index contributed by atoms with van der Waals surface area (Å²) in [5.74, 6) is 0. The van der Waals surface area contributed by atoms with Gasteiger partial charge in [-0.3, -0.25) is 0 Å². The van der Waals surface area contributed by atoms with Gasteiger partial charge in [-0.05, 0) is 102 Å². The van der Waals surface area contributed by atoms with E-state index in [1.165, 1.54) is 65.3 Å². The lowest BCUT2D eigenvalue weighted by molar-refractivity contribution is 0.591. The SMILES string of the molecule is Cc1ccc2c3cc(C(C)(C)C)cc4c(C)ccc(c5cc(C(C)(C)C)cc1c25)c43. The highest BCUT2D eigenvalue weighted by Gasteiger charge is 2.22. The molecule has 0 aliphatic carbocycles. The van der Waals surface area contributed by atoms with Crippen LogP contribution in [0, 0.1) is 13.8 Å². The van der Waals surface area contributed by atoms with E-state index < -0.39 is 0 Å². The van der Waals surface area contributed by atoms with Crippen molar-refractivity contribution in [2.24, 2.45) is 0 Å². The second-order valence-corrected chi connectivity index (χ2v) is 11.3. The van der Waals surface area contributed by atoms with Crippen LogP contribution in [0.2, 0.25) is 0 Å². The average Bonchev–Trinajstić information content (AvgIpc) is 2.66. The van der Waals surface area contributed by atoms with Gasteiger partial charge in [0.25, 0.3) is 0 Å². The molecule has 152 valence electrons. The van der Waals surface area contributed by atoms with Gasteiger partial charge < -0.3 is 0 Å². The van der Waals surface area contributed by atoms with E-state index in [9.17, 15) is 0 Å². The van der Waals surface area contributed by atoms with Gasteiger partial charge in [0.1, 0.15) is 0 Å². The Labute approximate surface area is 180 Å². The minimum absolute atomic E-state index is 0.118. The minimum Gasteiger partial charge on any atom is -0.0581 e. The molecule has 0 unspecified atom stereocenters. The molecule has 0 aliphatic rings. The molecule has 0 amide bonds.